The Morgan fingerprint density at radius 2 is 2.09 bits per heavy atom. The van der Waals surface area contributed by atoms with Crippen LogP contribution in [0.15, 0.2) is 36.6 Å². The Hall–Kier alpha value is 0.396. The van der Waals surface area contributed by atoms with E-state index in [1.807, 2.05) is 24.3 Å². The molecule has 1 aromatic carbocycles. The summed E-state index contributed by atoms with van der Waals surface area (Å²) in [6.07, 6.45) is 4.75. The summed E-state index contributed by atoms with van der Waals surface area (Å²) in [4.78, 5) is 0. The van der Waals surface area contributed by atoms with Gasteiger partial charge in [-0.1, -0.05) is 18.2 Å². The van der Waals surface area contributed by atoms with E-state index in [1.54, 1.807) is 6.26 Å². The van der Waals surface area contributed by atoms with Crippen LogP contribution in [0.25, 0.3) is 0 Å². The third-order valence-corrected chi connectivity index (χ3v) is 1.60. The third kappa shape index (κ3) is 2.17. The SMILES string of the molecule is C1=COc2ccccc2C1.[H-].[K+]. The van der Waals surface area contributed by atoms with E-state index in [0.717, 1.165) is 12.2 Å². The summed E-state index contributed by atoms with van der Waals surface area (Å²) in [5, 5.41) is 0. The van der Waals surface area contributed by atoms with Gasteiger partial charge in [-0.15, -0.1) is 0 Å². The van der Waals surface area contributed by atoms with Crippen LogP contribution < -0.4 is 56.1 Å². The monoisotopic (exact) mass is 172 g/mol. The smallest absolute Gasteiger partial charge is 1.00 e. The molecule has 2 heteroatoms. The fourth-order valence-corrected chi connectivity index (χ4v) is 1.08. The molecule has 0 aromatic heterocycles. The maximum Gasteiger partial charge on any atom is 1.00 e. The first-order valence-electron chi connectivity index (χ1n) is 3.36. The molecule has 0 unspecified atom stereocenters. The first kappa shape index (κ1) is 9.48. The molecule has 0 N–H and O–H groups in total. The van der Waals surface area contributed by atoms with Crippen LogP contribution >= 0.6 is 0 Å². The summed E-state index contributed by atoms with van der Waals surface area (Å²) >= 11 is 0. The Kier molecular flexibility index (Phi) is 3.82. The fourth-order valence-electron chi connectivity index (χ4n) is 1.08. The molecule has 1 aliphatic rings. The molecule has 0 fully saturated rings. The van der Waals surface area contributed by atoms with E-state index < -0.39 is 0 Å². The number of fused-ring (bicyclic) bond motifs is 1. The van der Waals surface area contributed by atoms with Crippen molar-refractivity contribution in [2.24, 2.45) is 0 Å². The van der Waals surface area contributed by atoms with Crippen molar-refractivity contribution >= 4 is 0 Å². The standard InChI is InChI=1S/C9H8O.K.H/c1-2-6-9-8(4-1)5-3-7-10-9;;/h1-4,6-7H,5H2;;/q;+1;-1. The Labute approximate surface area is 110 Å². The van der Waals surface area contributed by atoms with Crippen molar-refractivity contribution in [1.29, 1.82) is 0 Å². The molecule has 0 atom stereocenters. The van der Waals surface area contributed by atoms with Gasteiger partial charge in [-0.3, -0.25) is 0 Å². The van der Waals surface area contributed by atoms with Gasteiger partial charge in [-0.25, -0.2) is 0 Å². The summed E-state index contributed by atoms with van der Waals surface area (Å²) in [5.41, 5.74) is 1.27. The van der Waals surface area contributed by atoms with Crippen LogP contribution in [0.2, 0.25) is 0 Å². The van der Waals surface area contributed by atoms with Crippen molar-refractivity contribution in [2.75, 3.05) is 0 Å². The summed E-state index contributed by atoms with van der Waals surface area (Å²) in [6, 6.07) is 8.08. The quantitative estimate of drug-likeness (QED) is 0.468. The van der Waals surface area contributed by atoms with Gasteiger partial charge >= 0.3 is 51.4 Å². The van der Waals surface area contributed by atoms with Gasteiger partial charge in [0, 0.05) is 0 Å². The van der Waals surface area contributed by atoms with Crippen LogP contribution in [0.4, 0.5) is 0 Å². The molecule has 52 valence electrons. The molecule has 11 heavy (non-hydrogen) atoms. The second-order valence-electron chi connectivity index (χ2n) is 2.30. The summed E-state index contributed by atoms with van der Waals surface area (Å²) < 4.78 is 5.24. The average Bonchev–Trinajstić information content (AvgIpc) is 2.05. The van der Waals surface area contributed by atoms with E-state index in [9.17, 15) is 0 Å². The average molecular weight is 172 g/mol. The number of hydrogen-bond donors (Lipinski definition) is 0. The van der Waals surface area contributed by atoms with Crippen molar-refractivity contribution in [2.45, 2.75) is 6.42 Å². The predicted molar refractivity (Wildman–Crippen MR) is 41.0 cm³/mol. The topological polar surface area (TPSA) is 9.23 Å². The van der Waals surface area contributed by atoms with E-state index in [0.29, 0.717) is 0 Å². The normalized spacial score (nSPS) is 12.7. The summed E-state index contributed by atoms with van der Waals surface area (Å²) in [5.74, 6) is 0.991. The van der Waals surface area contributed by atoms with Crippen molar-refractivity contribution in [3.63, 3.8) is 0 Å². The number of benzene rings is 1. The molecule has 0 bridgehead atoms. The van der Waals surface area contributed by atoms with Gasteiger partial charge in [0.1, 0.15) is 5.75 Å². The minimum Gasteiger partial charge on any atom is -1.00 e. The molecule has 1 heterocycles. The predicted octanol–water partition coefficient (Wildman–Crippen LogP) is -0.748. The van der Waals surface area contributed by atoms with Crippen LogP contribution in [0.3, 0.4) is 0 Å². The van der Waals surface area contributed by atoms with Crippen LogP contribution in [0, 0.1) is 0 Å². The van der Waals surface area contributed by atoms with Gasteiger partial charge < -0.3 is 6.16 Å². The molecular weight excluding hydrogens is 163 g/mol. The largest absolute Gasteiger partial charge is 1.00 e. The number of para-hydroxylation sites is 1. The molecule has 0 radical (unpaired) electrons. The van der Waals surface area contributed by atoms with Crippen molar-refractivity contribution in [3.8, 4) is 5.75 Å². The molecule has 0 aliphatic carbocycles. The van der Waals surface area contributed by atoms with Gasteiger partial charge in [0.25, 0.3) is 0 Å². The van der Waals surface area contributed by atoms with Gasteiger partial charge in [0.05, 0.1) is 6.26 Å². The Morgan fingerprint density at radius 1 is 1.27 bits per heavy atom. The van der Waals surface area contributed by atoms with Crippen molar-refractivity contribution < 1.29 is 57.5 Å². The molecule has 0 spiro atoms. The molecular formula is C9H9KO. The Morgan fingerprint density at radius 3 is 2.91 bits per heavy atom. The Balaban J connectivity index is 0.000000605. The number of hydrogen-bond acceptors (Lipinski definition) is 1. The van der Waals surface area contributed by atoms with E-state index in [1.165, 1.54) is 5.56 Å². The molecule has 1 aromatic rings. The van der Waals surface area contributed by atoms with Crippen LogP contribution in [0.5, 0.6) is 5.75 Å². The van der Waals surface area contributed by atoms with E-state index in [2.05, 4.69) is 6.07 Å². The van der Waals surface area contributed by atoms with Gasteiger partial charge in [0.15, 0.2) is 0 Å². The zero-order valence-electron chi connectivity index (χ0n) is 7.58. The maximum atomic E-state index is 5.24. The second-order valence-corrected chi connectivity index (χ2v) is 2.30. The molecule has 1 aliphatic heterocycles. The molecule has 0 saturated heterocycles. The molecule has 0 amide bonds. The van der Waals surface area contributed by atoms with E-state index >= 15 is 0 Å². The molecule has 2 rings (SSSR count). The number of rotatable bonds is 0. The molecule has 1 nitrogen and oxygen atoms in total. The van der Waals surface area contributed by atoms with Gasteiger partial charge in [0.2, 0.25) is 0 Å². The zero-order chi connectivity index (χ0) is 6.81. The van der Waals surface area contributed by atoms with Gasteiger partial charge in [-0.05, 0) is 24.1 Å². The summed E-state index contributed by atoms with van der Waals surface area (Å²) in [6.45, 7) is 0. The first-order chi connectivity index (χ1) is 4.97. The minimum atomic E-state index is 0. The van der Waals surface area contributed by atoms with Crippen LogP contribution in [-0.4, -0.2) is 0 Å². The van der Waals surface area contributed by atoms with Crippen molar-refractivity contribution in [3.05, 3.63) is 42.2 Å². The maximum absolute atomic E-state index is 5.24. The second kappa shape index (κ2) is 4.43. The molecule has 0 saturated carbocycles. The first-order valence-corrected chi connectivity index (χ1v) is 3.36. The van der Waals surface area contributed by atoms with Crippen LogP contribution in [0.1, 0.15) is 6.99 Å². The third-order valence-electron chi connectivity index (χ3n) is 1.60. The summed E-state index contributed by atoms with van der Waals surface area (Å²) in [7, 11) is 0. The minimum absolute atomic E-state index is 0. The van der Waals surface area contributed by atoms with Gasteiger partial charge in [-0.2, -0.15) is 0 Å². The zero-order valence-corrected chi connectivity index (χ0v) is 9.70. The fraction of sp³-hybridized carbons (Fsp3) is 0.111. The van der Waals surface area contributed by atoms with Crippen LogP contribution in [-0.2, 0) is 6.42 Å². The van der Waals surface area contributed by atoms with E-state index in [-0.39, 0.29) is 52.8 Å². The number of ether oxygens (including phenoxy) is 1. The Bertz CT molecular complexity index is 246. The number of allylic oxidation sites excluding steroid dienone is 1. The van der Waals surface area contributed by atoms with Crippen molar-refractivity contribution in [1.82, 2.24) is 0 Å². The van der Waals surface area contributed by atoms with E-state index in [4.69, 9.17) is 4.74 Å².